The minimum atomic E-state index is 0.582. The molecule has 1 aliphatic carbocycles. The van der Waals surface area contributed by atoms with Gasteiger partial charge in [0.15, 0.2) is 0 Å². The van der Waals surface area contributed by atoms with Gasteiger partial charge in [0.25, 0.3) is 0 Å². The second-order valence-electron chi connectivity index (χ2n) is 5.60. The molecule has 1 heterocycles. The normalized spacial score (nSPS) is 25.2. The third kappa shape index (κ3) is 4.94. The Hall–Kier alpha value is -0.120. The van der Waals surface area contributed by atoms with Crippen molar-refractivity contribution in [2.75, 3.05) is 33.4 Å². The highest BCUT2D eigenvalue weighted by Gasteiger charge is 2.24. The first-order chi connectivity index (χ1) is 8.40. The summed E-state index contributed by atoms with van der Waals surface area (Å²) in [6.45, 7) is 4.51. The van der Waals surface area contributed by atoms with Gasteiger partial charge in [-0.1, -0.05) is 19.3 Å². The zero-order valence-electron chi connectivity index (χ0n) is 11.3. The number of ether oxygens (including phenoxy) is 1. The van der Waals surface area contributed by atoms with E-state index in [1.165, 1.54) is 58.0 Å². The quantitative estimate of drug-likeness (QED) is 0.769. The minimum Gasteiger partial charge on any atom is -0.383 e. The number of nitrogens with one attached hydrogen (secondary N) is 1. The van der Waals surface area contributed by atoms with Crippen molar-refractivity contribution < 1.29 is 4.74 Å². The first-order valence-electron chi connectivity index (χ1n) is 7.36. The first-order valence-corrected chi connectivity index (χ1v) is 7.36. The van der Waals surface area contributed by atoms with Crippen LogP contribution in [0.5, 0.6) is 0 Å². The molecule has 2 fully saturated rings. The minimum absolute atomic E-state index is 0.582. The number of likely N-dealkylation sites (tertiary alicyclic amines) is 1. The summed E-state index contributed by atoms with van der Waals surface area (Å²) in [4.78, 5) is 2.65. The summed E-state index contributed by atoms with van der Waals surface area (Å²) in [5.41, 5.74) is 0. The summed E-state index contributed by atoms with van der Waals surface area (Å²) >= 11 is 0. The van der Waals surface area contributed by atoms with Gasteiger partial charge < -0.3 is 10.1 Å². The maximum atomic E-state index is 5.40. The largest absolute Gasteiger partial charge is 0.383 e. The maximum absolute atomic E-state index is 5.40. The van der Waals surface area contributed by atoms with E-state index in [2.05, 4.69) is 10.2 Å². The Bertz CT molecular complexity index is 198. The summed E-state index contributed by atoms with van der Waals surface area (Å²) in [6.07, 6.45) is 9.73. The predicted molar refractivity (Wildman–Crippen MR) is 71.3 cm³/mol. The molecular formula is C14H28N2O. The molecule has 1 unspecified atom stereocenters. The van der Waals surface area contributed by atoms with E-state index in [0.29, 0.717) is 6.04 Å². The second kappa shape index (κ2) is 7.34. The Morgan fingerprint density at radius 1 is 1.12 bits per heavy atom. The van der Waals surface area contributed by atoms with Crippen molar-refractivity contribution in [3.05, 3.63) is 0 Å². The van der Waals surface area contributed by atoms with Gasteiger partial charge in [-0.05, 0) is 38.8 Å². The van der Waals surface area contributed by atoms with Crippen molar-refractivity contribution in [1.82, 2.24) is 10.2 Å². The first kappa shape index (κ1) is 13.3. The van der Waals surface area contributed by atoms with E-state index in [-0.39, 0.29) is 0 Å². The van der Waals surface area contributed by atoms with Crippen LogP contribution < -0.4 is 5.32 Å². The molecule has 0 aromatic rings. The van der Waals surface area contributed by atoms with Gasteiger partial charge in [-0.15, -0.1) is 0 Å². The fraction of sp³-hybridized carbons (Fsp3) is 1.00. The van der Waals surface area contributed by atoms with Crippen LogP contribution in [0.4, 0.5) is 0 Å². The molecule has 0 aromatic carbocycles. The Labute approximate surface area is 106 Å². The second-order valence-corrected chi connectivity index (χ2v) is 5.60. The van der Waals surface area contributed by atoms with Gasteiger partial charge in [0.2, 0.25) is 0 Å². The van der Waals surface area contributed by atoms with Crippen LogP contribution in [0.15, 0.2) is 0 Å². The van der Waals surface area contributed by atoms with E-state index in [1.54, 1.807) is 0 Å². The predicted octanol–water partition coefficient (Wildman–Crippen LogP) is 2.02. The monoisotopic (exact) mass is 240 g/mol. The summed E-state index contributed by atoms with van der Waals surface area (Å²) < 4.78 is 5.40. The van der Waals surface area contributed by atoms with E-state index >= 15 is 0 Å². The molecule has 0 radical (unpaired) electrons. The Morgan fingerprint density at radius 2 is 1.76 bits per heavy atom. The molecule has 1 aliphatic heterocycles. The summed E-state index contributed by atoms with van der Waals surface area (Å²) in [6, 6.07) is 1.39. The SMILES string of the molecule is COCC(CNC1CC1)N1CCCCCCC1. The number of hydrogen-bond donors (Lipinski definition) is 1. The molecule has 0 bridgehead atoms. The molecule has 0 amide bonds. The Morgan fingerprint density at radius 3 is 2.35 bits per heavy atom. The van der Waals surface area contributed by atoms with E-state index in [9.17, 15) is 0 Å². The number of nitrogens with zero attached hydrogens (tertiary/aromatic N) is 1. The average Bonchev–Trinajstić information content (AvgIpc) is 3.08. The van der Waals surface area contributed by atoms with Crippen LogP contribution in [0.2, 0.25) is 0 Å². The molecule has 17 heavy (non-hydrogen) atoms. The van der Waals surface area contributed by atoms with Crippen LogP contribution >= 0.6 is 0 Å². The molecule has 3 nitrogen and oxygen atoms in total. The van der Waals surface area contributed by atoms with Crippen molar-refractivity contribution in [3.8, 4) is 0 Å². The fourth-order valence-electron chi connectivity index (χ4n) is 2.71. The summed E-state index contributed by atoms with van der Waals surface area (Å²) in [5, 5.41) is 3.65. The van der Waals surface area contributed by atoms with Crippen molar-refractivity contribution in [2.45, 2.75) is 57.0 Å². The van der Waals surface area contributed by atoms with Crippen molar-refractivity contribution in [1.29, 1.82) is 0 Å². The van der Waals surface area contributed by atoms with Crippen LogP contribution in [-0.4, -0.2) is 50.3 Å². The average molecular weight is 240 g/mol. The fourth-order valence-corrected chi connectivity index (χ4v) is 2.71. The van der Waals surface area contributed by atoms with Crippen LogP contribution in [0.3, 0.4) is 0 Å². The molecule has 3 heteroatoms. The molecule has 1 atom stereocenters. The lowest BCUT2D eigenvalue weighted by atomic mass is 10.1. The zero-order chi connectivity index (χ0) is 11.9. The van der Waals surface area contributed by atoms with Gasteiger partial charge in [0.05, 0.1) is 6.61 Å². The third-order valence-electron chi connectivity index (χ3n) is 3.99. The van der Waals surface area contributed by atoms with E-state index in [0.717, 1.165) is 19.2 Å². The molecule has 1 saturated carbocycles. The third-order valence-corrected chi connectivity index (χ3v) is 3.99. The lowest BCUT2D eigenvalue weighted by molar-refractivity contribution is 0.0832. The van der Waals surface area contributed by atoms with Gasteiger partial charge in [0, 0.05) is 25.7 Å². The number of hydrogen-bond acceptors (Lipinski definition) is 3. The van der Waals surface area contributed by atoms with Crippen LogP contribution in [0.1, 0.15) is 44.9 Å². The molecule has 1 saturated heterocycles. The van der Waals surface area contributed by atoms with E-state index < -0.39 is 0 Å². The highest BCUT2D eigenvalue weighted by molar-refractivity contribution is 4.84. The van der Waals surface area contributed by atoms with Crippen LogP contribution in [0.25, 0.3) is 0 Å². The van der Waals surface area contributed by atoms with Gasteiger partial charge >= 0.3 is 0 Å². The van der Waals surface area contributed by atoms with Gasteiger partial charge in [-0.2, -0.15) is 0 Å². The molecule has 2 rings (SSSR count). The molecule has 2 aliphatic rings. The molecule has 100 valence electrons. The summed E-state index contributed by atoms with van der Waals surface area (Å²) in [7, 11) is 1.83. The summed E-state index contributed by atoms with van der Waals surface area (Å²) in [5.74, 6) is 0. The number of methoxy groups -OCH3 is 1. The topological polar surface area (TPSA) is 24.5 Å². The van der Waals surface area contributed by atoms with Gasteiger partial charge in [-0.25, -0.2) is 0 Å². The smallest absolute Gasteiger partial charge is 0.0630 e. The lowest BCUT2D eigenvalue weighted by Crippen LogP contribution is -2.46. The van der Waals surface area contributed by atoms with Crippen LogP contribution in [0, 0.1) is 0 Å². The molecule has 1 N–H and O–H groups in total. The molecular weight excluding hydrogens is 212 g/mol. The van der Waals surface area contributed by atoms with Gasteiger partial charge in [0.1, 0.15) is 0 Å². The molecule has 0 spiro atoms. The van der Waals surface area contributed by atoms with Crippen LogP contribution in [-0.2, 0) is 4.74 Å². The Balaban J connectivity index is 1.77. The standard InChI is InChI=1S/C14H28N2O/c1-17-12-14(11-15-13-7-8-13)16-9-5-3-2-4-6-10-16/h13-15H,2-12H2,1H3. The maximum Gasteiger partial charge on any atom is 0.0630 e. The van der Waals surface area contributed by atoms with E-state index in [4.69, 9.17) is 4.74 Å². The molecule has 0 aromatic heterocycles. The van der Waals surface area contributed by atoms with E-state index in [1.807, 2.05) is 7.11 Å². The van der Waals surface area contributed by atoms with Crippen molar-refractivity contribution in [3.63, 3.8) is 0 Å². The highest BCUT2D eigenvalue weighted by atomic mass is 16.5. The number of rotatable bonds is 6. The van der Waals surface area contributed by atoms with Crippen molar-refractivity contribution >= 4 is 0 Å². The highest BCUT2D eigenvalue weighted by Crippen LogP contribution is 2.19. The zero-order valence-corrected chi connectivity index (χ0v) is 11.3. The Kier molecular flexibility index (Phi) is 5.75. The van der Waals surface area contributed by atoms with Gasteiger partial charge in [-0.3, -0.25) is 4.90 Å². The van der Waals surface area contributed by atoms with Crippen molar-refractivity contribution in [2.24, 2.45) is 0 Å². The lowest BCUT2D eigenvalue weighted by Gasteiger charge is -2.32.